The van der Waals surface area contributed by atoms with Crippen LogP contribution in [-0.4, -0.2) is 22.9 Å². The Kier molecular flexibility index (Phi) is 1.68. The largest absolute Gasteiger partial charge is 0.534 e. The first-order chi connectivity index (χ1) is 7.18. The molecule has 0 bridgehead atoms. The summed E-state index contributed by atoms with van der Waals surface area (Å²) in [7, 11) is -0.773. The van der Waals surface area contributed by atoms with Gasteiger partial charge in [-0.3, -0.25) is 4.79 Å². The van der Waals surface area contributed by atoms with E-state index in [-0.39, 0.29) is 11.6 Å². The number of pyridine rings is 1. The molecule has 2 aliphatic rings. The van der Waals surface area contributed by atoms with Gasteiger partial charge in [0.05, 0.1) is 0 Å². The Bertz CT molecular complexity index is 448. The summed E-state index contributed by atoms with van der Waals surface area (Å²) >= 11 is 0. The van der Waals surface area contributed by atoms with Crippen LogP contribution in [-0.2, 0) is 0 Å². The molecular formula is C10H10BNO3. The average Bonchev–Trinajstić information content (AvgIpc) is 2.97. The second-order valence-electron chi connectivity index (χ2n) is 4.15. The molecule has 0 radical (unpaired) electrons. The molecule has 1 saturated carbocycles. The van der Waals surface area contributed by atoms with Crippen molar-refractivity contribution in [1.29, 1.82) is 0 Å². The van der Waals surface area contributed by atoms with Gasteiger partial charge in [-0.15, -0.1) is 0 Å². The maximum atomic E-state index is 11.3. The van der Waals surface area contributed by atoms with Gasteiger partial charge in [0.15, 0.2) is 5.78 Å². The first kappa shape index (κ1) is 8.91. The van der Waals surface area contributed by atoms with Gasteiger partial charge in [-0.2, -0.15) is 0 Å². The zero-order valence-corrected chi connectivity index (χ0v) is 8.30. The van der Waals surface area contributed by atoms with E-state index in [1.807, 2.05) is 6.07 Å². The lowest BCUT2D eigenvalue weighted by Crippen LogP contribution is -2.27. The molecule has 1 aromatic rings. The molecule has 4 nitrogen and oxygen atoms in total. The Morgan fingerprint density at radius 2 is 2.53 bits per heavy atom. The molecule has 1 N–H and O–H groups in total. The van der Waals surface area contributed by atoms with E-state index in [9.17, 15) is 9.82 Å². The molecule has 2 atom stereocenters. The molecule has 0 aromatic carbocycles. The molecule has 15 heavy (non-hydrogen) atoms. The Hall–Kier alpha value is -1.36. The van der Waals surface area contributed by atoms with E-state index < -0.39 is 7.12 Å². The lowest BCUT2D eigenvalue weighted by atomic mass is 9.77. The standard InChI is InChI=1S/C10H10BNO3/c1-5(13)9-10-6(2-3-12-9)7-4-8(7)11(14)15-10/h2-3,7-8,14H,4H2,1H3/t7-,8-/m1/s1. The Morgan fingerprint density at radius 3 is 3.27 bits per heavy atom. The normalized spacial score (nSPS) is 26.4. The van der Waals surface area contributed by atoms with Crippen LogP contribution in [0.2, 0.25) is 5.82 Å². The van der Waals surface area contributed by atoms with Gasteiger partial charge in [0.2, 0.25) is 0 Å². The van der Waals surface area contributed by atoms with Crippen LogP contribution in [0.15, 0.2) is 12.3 Å². The highest BCUT2D eigenvalue weighted by Gasteiger charge is 2.54. The van der Waals surface area contributed by atoms with Gasteiger partial charge in [0, 0.05) is 18.9 Å². The number of ketones is 1. The van der Waals surface area contributed by atoms with Crippen molar-refractivity contribution in [2.45, 2.75) is 25.1 Å². The van der Waals surface area contributed by atoms with Crippen LogP contribution in [0, 0.1) is 0 Å². The number of hydrogen-bond acceptors (Lipinski definition) is 4. The summed E-state index contributed by atoms with van der Waals surface area (Å²) in [6.07, 6.45) is 2.57. The van der Waals surface area contributed by atoms with Gasteiger partial charge in [-0.25, -0.2) is 4.98 Å². The van der Waals surface area contributed by atoms with Gasteiger partial charge in [0.1, 0.15) is 11.4 Å². The lowest BCUT2D eigenvalue weighted by Gasteiger charge is -2.20. The van der Waals surface area contributed by atoms with Crippen molar-refractivity contribution in [3.05, 3.63) is 23.5 Å². The quantitative estimate of drug-likeness (QED) is 0.546. The Balaban J connectivity index is 2.14. The van der Waals surface area contributed by atoms with Crippen LogP contribution in [0.5, 0.6) is 5.75 Å². The number of fused-ring (bicyclic) bond motifs is 3. The second kappa shape index (κ2) is 2.82. The van der Waals surface area contributed by atoms with Crippen molar-refractivity contribution in [2.75, 3.05) is 0 Å². The van der Waals surface area contributed by atoms with Crippen LogP contribution in [0.25, 0.3) is 0 Å². The maximum absolute atomic E-state index is 11.3. The third-order valence-electron chi connectivity index (χ3n) is 3.11. The lowest BCUT2D eigenvalue weighted by molar-refractivity contribution is 0.101. The van der Waals surface area contributed by atoms with Gasteiger partial charge in [0.25, 0.3) is 0 Å². The predicted octanol–water partition coefficient (Wildman–Crippen LogP) is 1.01. The summed E-state index contributed by atoms with van der Waals surface area (Å²) in [5.41, 5.74) is 1.35. The molecule has 0 amide bonds. The van der Waals surface area contributed by atoms with Gasteiger partial charge in [-0.1, -0.05) is 0 Å². The highest BCUT2D eigenvalue weighted by molar-refractivity contribution is 6.48. The van der Waals surface area contributed by atoms with Crippen molar-refractivity contribution in [1.82, 2.24) is 4.98 Å². The van der Waals surface area contributed by atoms with Crippen LogP contribution < -0.4 is 4.65 Å². The molecule has 0 saturated heterocycles. The fraction of sp³-hybridized carbons (Fsp3) is 0.400. The molecule has 3 rings (SSSR count). The summed E-state index contributed by atoms with van der Waals surface area (Å²) in [4.78, 5) is 15.3. The van der Waals surface area contributed by atoms with Crippen LogP contribution in [0.3, 0.4) is 0 Å². The van der Waals surface area contributed by atoms with Gasteiger partial charge >= 0.3 is 7.12 Å². The topological polar surface area (TPSA) is 59.4 Å². The molecule has 0 spiro atoms. The third kappa shape index (κ3) is 1.19. The predicted molar refractivity (Wildman–Crippen MR) is 54.0 cm³/mol. The zero-order chi connectivity index (χ0) is 10.6. The Labute approximate surface area is 87.4 Å². The fourth-order valence-electron chi connectivity index (χ4n) is 2.23. The minimum Gasteiger partial charge on any atom is -0.534 e. The number of hydrogen-bond donors (Lipinski definition) is 1. The molecular weight excluding hydrogens is 193 g/mol. The van der Waals surface area contributed by atoms with E-state index in [0.29, 0.717) is 17.4 Å². The van der Waals surface area contributed by atoms with Gasteiger partial charge in [-0.05, 0) is 24.0 Å². The highest BCUT2D eigenvalue weighted by Crippen LogP contribution is 2.59. The minimum absolute atomic E-state index is 0.127. The van der Waals surface area contributed by atoms with Crippen molar-refractivity contribution in [3.8, 4) is 5.75 Å². The zero-order valence-electron chi connectivity index (χ0n) is 8.30. The second-order valence-corrected chi connectivity index (χ2v) is 4.15. The van der Waals surface area contributed by atoms with E-state index in [1.165, 1.54) is 6.92 Å². The smallest absolute Gasteiger partial charge is 0.526 e. The van der Waals surface area contributed by atoms with Crippen LogP contribution >= 0.6 is 0 Å². The molecule has 76 valence electrons. The molecule has 2 heterocycles. The number of carbonyl (C=O) groups excluding carboxylic acids is 1. The first-order valence-electron chi connectivity index (χ1n) is 5.03. The summed E-state index contributed by atoms with van der Waals surface area (Å²) in [6.45, 7) is 1.46. The summed E-state index contributed by atoms with van der Waals surface area (Å²) in [5.74, 6) is 0.916. The number of Topliss-reactive ketones (excluding diaryl/α,β-unsaturated/α-hetero) is 1. The van der Waals surface area contributed by atoms with Crippen LogP contribution in [0.4, 0.5) is 0 Å². The molecule has 1 fully saturated rings. The molecule has 1 aromatic heterocycles. The summed E-state index contributed by atoms with van der Waals surface area (Å²) in [6, 6.07) is 1.87. The van der Waals surface area contributed by atoms with Crippen molar-refractivity contribution < 1.29 is 14.5 Å². The SMILES string of the molecule is CC(=O)c1nccc2c1OB(O)[C@@H]1C[C@H]21. The van der Waals surface area contributed by atoms with E-state index in [4.69, 9.17) is 4.65 Å². The fourth-order valence-corrected chi connectivity index (χ4v) is 2.23. The molecule has 5 heteroatoms. The molecule has 0 unspecified atom stereocenters. The Morgan fingerprint density at radius 1 is 1.73 bits per heavy atom. The van der Waals surface area contributed by atoms with E-state index in [0.717, 1.165) is 12.0 Å². The summed E-state index contributed by atoms with van der Waals surface area (Å²) < 4.78 is 5.35. The van der Waals surface area contributed by atoms with E-state index in [1.54, 1.807) is 6.20 Å². The molecule has 1 aliphatic carbocycles. The van der Waals surface area contributed by atoms with Crippen molar-refractivity contribution in [3.63, 3.8) is 0 Å². The molecule has 1 aliphatic heterocycles. The van der Waals surface area contributed by atoms with Crippen LogP contribution in [0.1, 0.15) is 35.3 Å². The van der Waals surface area contributed by atoms with Crippen molar-refractivity contribution >= 4 is 12.9 Å². The monoisotopic (exact) mass is 203 g/mol. The van der Waals surface area contributed by atoms with E-state index >= 15 is 0 Å². The third-order valence-corrected chi connectivity index (χ3v) is 3.11. The van der Waals surface area contributed by atoms with E-state index in [2.05, 4.69) is 4.98 Å². The number of carbonyl (C=O) groups is 1. The highest BCUT2D eigenvalue weighted by atomic mass is 16.5. The number of rotatable bonds is 1. The summed E-state index contributed by atoms with van der Waals surface area (Å²) in [5, 5.41) is 9.61. The number of aromatic nitrogens is 1. The van der Waals surface area contributed by atoms with Crippen molar-refractivity contribution in [2.24, 2.45) is 0 Å². The average molecular weight is 203 g/mol. The number of nitrogens with zero attached hydrogens (tertiary/aromatic N) is 1. The minimum atomic E-state index is -0.773. The van der Waals surface area contributed by atoms with Gasteiger partial charge < -0.3 is 9.68 Å². The first-order valence-corrected chi connectivity index (χ1v) is 5.03. The maximum Gasteiger partial charge on any atom is 0.526 e.